The van der Waals surface area contributed by atoms with E-state index in [-0.39, 0.29) is 11.4 Å². The number of anilines is 1. The lowest BCUT2D eigenvalue weighted by atomic mass is 10.3. The summed E-state index contributed by atoms with van der Waals surface area (Å²) < 4.78 is 26.8. The minimum atomic E-state index is -3.53. The summed E-state index contributed by atoms with van der Waals surface area (Å²) in [6.07, 6.45) is 0. The van der Waals surface area contributed by atoms with E-state index in [0.717, 1.165) is 0 Å². The van der Waals surface area contributed by atoms with Crippen molar-refractivity contribution in [2.45, 2.75) is 11.4 Å². The van der Waals surface area contributed by atoms with Crippen LogP contribution in [0.4, 0.5) is 5.69 Å². The van der Waals surface area contributed by atoms with E-state index in [1.165, 1.54) is 11.3 Å². The fourth-order valence-electron chi connectivity index (χ4n) is 1.48. The number of benzene rings is 1. The minimum Gasteiger partial charge on any atom is -0.387 e. The maximum Gasteiger partial charge on any atom is 0.242 e. The molecule has 0 saturated carbocycles. The molecule has 0 amide bonds. The number of hydrogen-bond donors (Lipinski definition) is 2. The predicted molar refractivity (Wildman–Crippen MR) is 72.1 cm³/mol. The van der Waals surface area contributed by atoms with Crippen LogP contribution in [0, 0.1) is 0 Å². The second kappa shape index (κ2) is 5.47. The molecule has 2 N–H and O–H groups in total. The van der Waals surface area contributed by atoms with Gasteiger partial charge in [-0.3, -0.25) is 0 Å². The van der Waals surface area contributed by atoms with E-state index < -0.39 is 10.0 Å². The minimum absolute atomic E-state index is 0.198. The topological polar surface area (TPSA) is 71.1 Å². The van der Waals surface area contributed by atoms with Crippen molar-refractivity contribution >= 4 is 27.0 Å². The third kappa shape index (κ3) is 2.87. The number of aromatic nitrogens is 1. The maximum absolute atomic E-state index is 12.1. The number of rotatable bonds is 5. The van der Waals surface area contributed by atoms with Gasteiger partial charge >= 0.3 is 0 Å². The summed E-state index contributed by atoms with van der Waals surface area (Å²) in [5.74, 6) is 0. The SMILES string of the molecule is CNc1ccccc1S(=O)(=O)NCc1cscn1. The molecule has 18 heavy (non-hydrogen) atoms. The molecule has 0 spiro atoms. The average Bonchev–Trinajstić information content (AvgIpc) is 2.89. The zero-order valence-electron chi connectivity index (χ0n) is 9.75. The number of nitrogens with zero attached hydrogens (tertiary/aromatic N) is 1. The van der Waals surface area contributed by atoms with Gasteiger partial charge in [0.2, 0.25) is 10.0 Å². The molecule has 0 aliphatic carbocycles. The van der Waals surface area contributed by atoms with Crippen molar-refractivity contribution in [2.75, 3.05) is 12.4 Å². The van der Waals surface area contributed by atoms with Crippen molar-refractivity contribution in [3.05, 3.63) is 40.8 Å². The lowest BCUT2D eigenvalue weighted by molar-refractivity contribution is 0.581. The van der Waals surface area contributed by atoms with Crippen LogP contribution in [0.5, 0.6) is 0 Å². The number of thiazole rings is 1. The van der Waals surface area contributed by atoms with Gasteiger partial charge in [0.05, 0.1) is 23.4 Å². The molecule has 7 heteroatoms. The molecule has 0 fully saturated rings. The Labute approximate surface area is 110 Å². The molecule has 96 valence electrons. The summed E-state index contributed by atoms with van der Waals surface area (Å²) in [6.45, 7) is 0.198. The quantitative estimate of drug-likeness (QED) is 0.875. The largest absolute Gasteiger partial charge is 0.387 e. The van der Waals surface area contributed by atoms with Gasteiger partial charge in [-0.05, 0) is 12.1 Å². The van der Waals surface area contributed by atoms with Crippen molar-refractivity contribution in [2.24, 2.45) is 0 Å². The molecule has 1 heterocycles. The molecule has 1 aromatic heterocycles. The van der Waals surface area contributed by atoms with Gasteiger partial charge in [0.25, 0.3) is 0 Å². The Balaban J connectivity index is 2.20. The summed E-state index contributed by atoms with van der Waals surface area (Å²) >= 11 is 1.44. The molecule has 1 aromatic carbocycles. The highest BCUT2D eigenvalue weighted by atomic mass is 32.2. The average molecular weight is 283 g/mol. The zero-order valence-corrected chi connectivity index (χ0v) is 11.4. The molecule has 0 atom stereocenters. The Morgan fingerprint density at radius 1 is 1.33 bits per heavy atom. The van der Waals surface area contributed by atoms with Gasteiger partial charge in [-0.15, -0.1) is 11.3 Å². The van der Waals surface area contributed by atoms with Crippen LogP contribution in [0.25, 0.3) is 0 Å². The number of nitrogens with one attached hydrogen (secondary N) is 2. The third-order valence-electron chi connectivity index (χ3n) is 2.37. The van der Waals surface area contributed by atoms with E-state index in [1.807, 2.05) is 5.38 Å². The van der Waals surface area contributed by atoms with Crippen molar-refractivity contribution in [1.82, 2.24) is 9.71 Å². The highest BCUT2D eigenvalue weighted by Crippen LogP contribution is 2.20. The Hall–Kier alpha value is -1.44. The van der Waals surface area contributed by atoms with Crippen LogP contribution in [-0.2, 0) is 16.6 Å². The van der Waals surface area contributed by atoms with Gasteiger partial charge in [-0.2, -0.15) is 0 Å². The van der Waals surface area contributed by atoms with Crippen LogP contribution in [-0.4, -0.2) is 20.4 Å². The van der Waals surface area contributed by atoms with Gasteiger partial charge in [0.15, 0.2) is 0 Å². The van der Waals surface area contributed by atoms with Crippen LogP contribution in [0.15, 0.2) is 40.1 Å². The molecule has 0 saturated heterocycles. The Morgan fingerprint density at radius 2 is 2.11 bits per heavy atom. The van der Waals surface area contributed by atoms with Gasteiger partial charge in [-0.25, -0.2) is 18.1 Å². The van der Waals surface area contributed by atoms with E-state index in [2.05, 4.69) is 15.0 Å². The second-order valence-electron chi connectivity index (χ2n) is 3.55. The molecule has 2 rings (SSSR count). The van der Waals surface area contributed by atoms with Gasteiger partial charge in [0, 0.05) is 12.4 Å². The summed E-state index contributed by atoms with van der Waals surface area (Å²) in [5, 5.41) is 4.67. The summed E-state index contributed by atoms with van der Waals surface area (Å²) in [5.41, 5.74) is 2.96. The normalized spacial score (nSPS) is 11.4. The van der Waals surface area contributed by atoms with Crippen LogP contribution in [0.3, 0.4) is 0 Å². The van der Waals surface area contributed by atoms with Crippen molar-refractivity contribution < 1.29 is 8.42 Å². The molecular formula is C11H13N3O2S2. The molecule has 0 aliphatic rings. The number of sulfonamides is 1. The van der Waals surface area contributed by atoms with E-state index in [0.29, 0.717) is 11.4 Å². The van der Waals surface area contributed by atoms with E-state index >= 15 is 0 Å². The van der Waals surface area contributed by atoms with E-state index in [1.54, 1.807) is 36.8 Å². The number of hydrogen-bond acceptors (Lipinski definition) is 5. The van der Waals surface area contributed by atoms with Gasteiger partial charge in [0.1, 0.15) is 4.90 Å². The Kier molecular flexibility index (Phi) is 3.95. The van der Waals surface area contributed by atoms with Crippen molar-refractivity contribution in [3.63, 3.8) is 0 Å². The van der Waals surface area contributed by atoms with Gasteiger partial charge < -0.3 is 5.32 Å². The molecule has 0 bridgehead atoms. The molecule has 5 nitrogen and oxygen atoms in total. The highest BCUT2D eigenvalue weighted by molar-refractivity contribution is 7.89. The molecule has 0 aliphatic heterocycles. The fourth-order valence-corrected chi connectivity index (χ4v) is 3.25. The Bertz CT molecular complexity index is 609. The Morgan fingerprint density at radius 3 is 2.78 bits per heavy atom. The summed E-state index contributed by atoms with van der Waals surface area (Å²) in [6, 6.07) is 6.76. The molecule has 0 radical (unpaired) electrons. The zero-order chi connectivity index (χ0) is 13.0. The summed E-state index contributed by atoms with van der Waals surface area (Å²) in [7, 11) is -1.84. The molecular weight excluding hydrogens is 270 g/mol. The fraction of sp³-hybridized carbons (Fsp3) is 0.182. The molecule has 0 unspecified atom stereocenters. The second-order valence-corrected chi connectivity index (χ2v) is 6.00. The van der Waals surface area contributed by atoms with Crippen LogP contribution >= 0.6 is 11.3 Å². The first-order chi connectivity index (χ1) is 8.63. The van der Waals surface area contributed by atoms with Gasteiger partial charge in [-0.1, -0.05) is 12.1 Å². The first kappa shape index (κ1) is 13.0. The first-order valence-electron chi connectivity index (χ1n) is 5.27. The predicted octanol–water partition coefficient (Wildman–Crippen LogP) is 1.66. The molecule has 2 aromatic rings. The van der Waals surface area contributed by atoms with Crippen molar-refractivity contribution in [3.8, 4) is 0 Å². The lowest BCUT2D eigenvalue weighted by Gasteiger charge is -2.10. The smallest absolute Gasteiger partial charge is 0.242 e. The highest BCUT2D eigenvalue weighted by Gasteiger charge is 2.17. The maximum atomic E-state index is 12.1. The monoisotopic (exact) mass is 283 g/mol. The van der Waals surface area contributed by atoms with E-state index in [9.17, 15) is 8.42 Å². The lowest BCUT2D eigenvalue weighted by Crippen LogP contribution is -2.24. The van der Waals surface area contributed by atoms with Crippen LogP contribution in [0.1, 0.15) is 5.69 Å². The van der Waals surface area contributed by atoms with Crippen LogP contribution < -0.4 is 10.0 Å². The summed E-state index contributed by atoms with van der Waals surface area (Å²) in [4.78, 5) is 4.27. The standard InChI is InChI=1S/C11H13N3O2S2/c1-12-10-4-2-3-5-11(10)18(15,16)14-6-9-7-17-8-13-9/h2-5,7-8,12,14H,6H2,1H3. The van der Waals surface area contributed by atoms with Crippen molar-refractivity contribution in [1.29, 1.82) is 0 Å². The third-order valence-corrected chi connectivity index (χ3v) is 4.47. The van der Waals surface area contributed by atoms with Crippen LogP contribution in [0.2, 0.25) is 0 Å². The first-order valence-corrected chi connectivity index (χ1v) is 7.69. The number of para-hydroxylation sites is 1. The van der Waals surface area contributed by atoms with E-state index in [4.69, 9.17) is 0 Å².